The average Bonchev–Trinajstić information content (AvgIpc) is 2.45. The molecule has 1 saturated carbocycles. The largest absolute Gasteiger partial charge is 0.368 e. The molecular formula is C20H40O4. The quantitative estimate of drug-likeness (QED) is 0.551. The zero-order valence-corrected chi connectivity index (χ0v) is 16.4. The molecule has 1 rings (SSSR count). The second kappa shape index (κ2) is 10.1. The summed E-state index contributed by atoms with van der Waals surface area (Å²) in [6.45, 7) is 10.3. The van der Waals surface area contributed by atoms with Crippen molar-refractivity contribution in [3.05, 3.63) is 0 Å². The van der Waals surface area contributed by atoms with E-state index in [9.17, 15) is 15.3 Å². The molecule has 24 heavy (non-hydrogen) atoms. The fourth-order valence-corrected chi connectivity index (χ4v) is 4.17. The van der Waals surface area contributed by atoms with Crippen LogP contribution in [0.2, 0.25) is 0 Å². The molecule has 1 aliphatic rings. The van der Waals surface area contributed by atoms with Crippen LogP contribution in [0.15, 0.2) is 0 Å². The fourth-order valence-electron chi connectivity index (χ4n) is 4.17. The van der Waals surface area contributed by atoms with Crippen LogP contribution in [0.25, 0.3) is 0 Å². The van der Waals surface area contributed by atoms with Gasteiger partial charge in [-0.1, -0.05) is 39.5 Å². The third-order valence-electron chi connectivity index (χ3n) is 5.49. The number of aliphatic hydroxyl groups is 3. The third-order valence-corrected chi connectivity index (χ3v) is 5.49. The number of aliphatic hydroxyl groups excluding tert-OH is 2. The summed E-state index contributed by atoms with van der Waals surface area (Å²) in [5, 5.41) is 29.4. The average molecular weight is 345 g/mol. The molecule has 1 fully saturated rings. The molecule has 144 valence electrons. The van der Waals surface area contributed by atoms with E-state index in [0.29, 0.717) is 5.92 Å². The molecule has 3 N–H and O–H groups in total. The van der Waals surface area contributed by atoms with E-state index < -0.39 is 18.2 Å². The predicted octanol–water partition coefficient (Wildman–Crippen LogP) is 4.07. The molecule has 0 aromatic carbocycles. The lowest BCUT2D eigenvalue weighted by atomic mass is 9.72. The Balaban J connectivity index is 2.44. The van der Waals surface area contributed by atoms with Gasteiger partial charge in [0.05, 0.1) is 5.60 Å². The molecule has 1 aliphatic carbocycles. The van der Waals surface area contributed by atoms with Gasteiger partial charge < -0.3 is 20.1 Å². The maximum Gasteiger partial charge on any atom is 0.155 e. The summed E-state index contributed by atoms with van der Waals surface area (Å²) in [5.41, 5.74) is -0.433. The van der Waals surface area contributed by atoms with Gasteiger partial charge in [0.25, 0.3) is 0 Å². The van der Waals surface area contributed by atoms with Crippen molar-refractivity contribution >= 4 is 0 Å². The van der Waals surface area contributed by atoms with E-state index in [1.807, 2.05) is 20.8 Å². The van der Waals surface area contributed by atoms with Crippen LogP contribution in [0.4, 0.5) is 0 Å². The van der Waals surface area contributed by atoms with Crippen molar-refractivity contribution in [2.45, 2.75) is 104 Å². The minimum atomic E-state index is -1.39. The van der Waals surface area contributed by atoms with E-state index in [0.717, 1.165) is 31.1 Å². The molecule has 4 heteroatoms. The van der Waals surface area contributed by atoms with Crippen LogP contribution >= 0.6 is 0 Å². The number of ether oxygens (including phenoxy) is 1. The van der Waals surface area contributed by atoms with Crippen molar-refractivity contribution in [3.63, 3.8) is 0 Å². The standard InChI is InChI=1S/C20H40O4/c1-6-7-14(2)16-10-8-15(9-11-16)12-17(19(22)23)13-18(21)24-20(3,4)5/h14-19,21-23H,6-13H2,1-5H3. The van der Waals surface area contributed by atoms with E-state index in [4.69, 9.17) is 4.74 Å². The van der Waals surface area contributed by atoms with Gasteiger partial charge in [0.2, 0.25) is 0 Å². The van der Waals surface area contributed by atoms with Gasteiger partial charge in [-0.25, -0.2) is 0 Å². The minimum Gasteiger partial charge on any atom is -0.368 e. The third kappa shape index (κ3) is 8.28. The van der Waals surface area contributed by atoms with Crippen LogP contribution in [0.1, 0.15) is 86.0 Å². The molecule has 0 saturated heterocycles. The van der Waals surface area contributed by atoms with Crippen LogP contribution in [-0.2, 0) is 4.74 Å². The zero-order chi connectivity index (χ0) is 18.3. The Bertz CT molecular complexity index is 329. The van der Waals surface area contributed by atoms with Gasteiger partial charge in [0.15, 0.2) is 12.6 Å². The first-order valence-electron chi connectivity index (χ1n) is 9.84. The van der Waals surface area contributed by atoms with Gasteiger partial charge in [0, 0.05) is 12.3 Å². The molecule has 0 heterocycles. The number of hydrogen-bond acceptors (Lipinski definition) is 4. The first kappa shape index (κ1) is 21.9. The summed E-state index contributed by atoms with van der Waals surface area (Å²) in [7, 11) is 0. The lowest BCUT2D eigenvalue weighted by Crippen LogP contribution is -2.33. The summed E-state index contributed by atoms with van der Waals surface area (Å²) in [6.07, 6.45) is 6.10. The molecule has 3 atom stereocenters. The Morgan fingerprint density at radius 3 is 2.08 bits per heavy atom. The monoisotopic (exact) mass is 344 g/mol. The number of rotatable bonds is 9. The first-order chi connectivity index (χ1) is 11.1. The molecule has 0 spiro atoms. The molecule has 4 nitrogen and oxygen atoms in total. The topological polar surface area (TPSA) is 69.9 Å². The summed E-state index contributed by atoms with van der Waals surface area (Å²) in [4.78, 5) is 0. The SMILES string of the molecule is CCCC(C)C1CCC(CC(CC(O)OC(C)(C)C)C(O)O)CC1. The molecule has 0 bridgehead atoms. The van der Waals surface area contributed by atoms with Crippen molar-refractivity contribution in [1.82, 2.24) is 0 Å². The maximum atomic E-state index is 10.1. The molecule has 0 aromatic heterocycles. The Morgan fingerprint density at radius 1 is 1.04 bits per heavy atom. The van der Waals surface area contributed by atoms with Gasteiger partial charge >= 0.3 is 0 Å². The van der Waals surface area contributed by atoms with Crippen LogP contribution in [-0.4, -0.2) is 33.5 Å². The van der Waals surface area contributed by atoms with Gasteiger partial charge in [-0.3, -0.25) is 0 Å². The van der Waals surface area contributed by atoms with Crippen LogP contribution in [0.5, 0.6) is 0 Å². The maximum absolute atomic E-state index is 10.1. The van der Waals surface area contributed by atoms with E-state index in [2.05, 4.69) is 13.8 Å². The Kier molecular flexibility index (Phi) is 9.21. The summed E-state index contributed by atoms with van der Waals surface area (Å²) in [6, 6.07) is 0. The Morgan fingerprint density at radius 2 is 1.62 bits per heavy atom. The van der Waals surface area contributed by atoms with Crippen LogP contribution in [0, 0.1) is 23.7 Å². The highest BCUT2D eigenvalue weighted by Crippen LogP contribution is 2.38. The van der Waals surface area contributed by atoms with Crippen molar-refractivity contribution in [2.75, 3.05) is 0 Å². The van der Waals surface area contributed by atoms with E-state index in [1.165, 1.54) is 25.7 Å². The molecule has 0 aromatic rings. The summed E-state index contributed by atoms with van der Waals surface area (Å²) >= 11 is 0. The van der Waals surface area contributed by atoms with E-state index >= 15 is 0 Å². The van der Waals surface area contributed by atoms with Crippen molar-refractivity contribution < 1.29 is 20.1 Å². The molecule has 0 aliphatic heterocycles. The highest BCUT2D eigenvalue weighted by atomic mass is 16.6. The molecule has 0 radical (unpaired) electrons. The van der Waals surface area contributed by atoms with Crippen molar-refractivity contribution in [3.8, 4) is 0 Å². The lowest BCUT2D eigenvalue weighted by molar-refractivity contribution is -0.191. The first-order valence-corrected chi connectivity index (χ1v) is 9.84. The Hall–Kier alpha value is -0.160. The van der Waals surface area contributed by atoms with Gasteiger partial charge in [-0.15, -0.1) is 0 Å². The highest BCUT2D eigenvalue weighted by Gasteiger charge is 2.30. The highest BCUT2D eigenvalue weighted by molar-refractivity contribution is 4.79. The smallest absolute Gasteiger partial charge is 0.155 e. The van der Waals surface area contributed by atoms with Gasteiger partial charge in [0.1, 0.15) is 0 Å². The fraction of sp³-hybridized carbons (Fsp3) is 1.00. The second-order valence-electron chi connectivity index (χ2n) is 8.88. The van der Waals surface area contributed by atoms with Gasteiger partial charge in [-0.05, 0) is 57.8 Å². The number of hydrogen-bond donors (Lipinski definition) is 3. The minimum absolute atomic E-state index is 0.279. The molecular weight excluding hydrogens is 304 g/mol. The van der Waals surface area contributed by atoms with Gasteiger partial charge in [-0.2, -0.15) is 0 Å². The van der Waals surface area contributed by atoms with E-state index in [-0.39, 0.29) is 12.3 Å². The second-order valence-corrected chi connectivity index (χ2v) is 8.88. The lowest BCUT2D eigenvalue weighted by Gasteiger charge is -2.35. The molecule has 3 unspecified atom stereocenters. The normalized spacial score (nSPS) is 26.4. The zero-order valence-electron chi connectivity index (χ0n) is 16.4. The molecule has 0 amide bonds. The van der Waals surface area contributed by atoms with Crippen LogP contribution < -0.4 is 0 Å². The van der Waals surface area contributed by atoms with Crippen LogP contribution in [0.3, 0.4) is 0 Å². The Labute approximate surface area is 148 Å². The van der Waals surface area contributed by atoms with Crippen molar-refractivity contribution in [1.29, 1.82) is 0 Å². The van der Waals surface area contributed by atoms with E-state index in [1.54, 1.807) is 0 Å². The summed E-state index contributed by atoms with van der Waals surface area (Å²) in [5.74, 6) is 1.84. The van der Waals surface area contributed by atoms with Crippen molar-refractivity contribution in [2.24, 2.45) is 23.7 Å². The predicted molar refractivity (Wildman–Crippen MR) is 97.3 cm³/mol. The summed E-state index contributed by atoms with van der Waals surface area (Å²) < 4.78 is 5.52.